The molecule has 3 atom stereocenters. The molecular weight excluding hydrogens is 222 g/mol. The minimum Gasteiger partial charge on any atom is -0.312 e. The summed E-state index contributed by atoms with van der Waals surface area (Å²) >= 11 is 0. The number of piperazine rings is 1. The van der Waals surface area contributed by atoms with Crippen molar-refractivity contribution >= 4 is 0 Å². The van der Waals surface area contributed by atoms with Crippen molar-refractivity contribution in [2.75, 3.05) is 26.7 Å². The van der Waals surface area contributed by atoms with Gasteiger partial charge in [-0.1, -0.05) is 12.8 Å². The summed E-state index contributed by atoms with van der Waals surface area (Å²) in [6.07, 6.45) is 5.63. The number of nitrogens with one attached hydrogen (secondary N) is 1. The fourth-order valence-electron chi connectivity index (χ4n) is 3.40. The Kier molecular flexibility index (Phi) is 5.05. The van der Waals surface area contributed by atoms with Crippen molar-refractivity contribution in [3.63, 3.8) is 0 Å². The van der Waals surface area contributed by atoms with Crippen LogP contribution in [0.3, 0.4) is 0 Å². The topological polar surface area (TPSA) is 18.5 Å². The third-order valence-electron chi connectivity index (χ3n) is 5.07. The SMILES string of the molecule is CC(CNC1CCCC1)N1CC(C)N(C)C(C)C1. The Morgan fingerprint density at radius 2 is 1.67 bits per heavy atom. The lowest BCUT2D eigenvalue weighted by atomic mass is 10.1. The zero-order chi connectivity index (χ0) is 13.1. The molecule has 3 heteroatoms. The van der Waals surface area contributed by atoms with Gasteiger partial charge in [0.25, 0.3) is 0 Å². The van der Waals surface area contributed by atoms with Crippen molar-refractivity contribution in [1.82, 2.24) is 15.1 Å². The highest BCUT2D eigenvalue weighted by molar-refractivity contribution is 4.86. The van der Waals surface area contributed by atoms with E-state index in [1.54, 1.807) is 0 Å². The minimum absolute atomic E-state index is 0.671. The Hall–Kier alpha value is -0.120. The fourth-order valence-corrected chi connectivity index (χ4v) is 3.40. The summed E-state index contributed by atoms with van der Waals surface area (Å²) < 4.78 is 0. The summed E-state index contributed by atoms with van der Waals surface area (Å²) in [6, 6.07) is 2.84. The van der Waals surface area contributed by atoms with Crippen molar-refractivity contribution in [1.29, 1.82) is 0 Å². The molecule has 1 aliphatic heterocycles. The molecule has 0 amide bonds. The second kappa shape index (κ2) is 6.36. The maximum atomic E-state index is 3.76. The average Bonchev–Trinajstić information content (AvgIpc) is 2.85. The van der Waals surface area contributed by atoms with Gasteiger partial charge >= 0.3 is 0 Å². The Morgan fingerprint density at radius 3 is 2.22 bits per heavy atom. The molecule has 2 aliphatic rings. The summed E-state index contributed by atoms with van der Waals surface area (Å²) in [5.74, 6) is 0. The average molecular weight is 253 g/mol. The van der Waals surface area contributed by atoms with Gasteiger partial charge in [0.15, 0.2) is 0 Å². The lowest BCUT2D eigenvalue weighted by molar-refractivity contribution is 0.0375. The van der Waals surface area contributed by atoms with Crippen molar-refractivity contribution < 1.29 is 0 Å². The zero-order valence-electron chi connectivity index (χ0n) is 12.7. The van der Waals surface area contributed by atoms with Crippen LogP contribution in [0, 0.1) is 0 Å². The highest BCUT2D eigenvalue weighted by Gasteiger charge is 2.29. The Balaban J connectivity index is 1.76. The Bertz CT molecular complexity index is 238. The van der Waals surface area contributed by atoms with E-state index in [4.69, 9.17) is 0 Å². The van der Waals surface area contributed by atoms with Crippen LogP contribution in [0.15, 0.2) is 0 Å². The van der Waals surface area contributed by atoms with E-state index < -0.39 is 0 Å². The quantitative estimate of drug-likeness (QED) is 0.826. The minimum atomic E-state index is 0.671. The van der Waals surface area contributed by atoms with E-state index in [-0.39, 0.29) is 0 Å². The first-order valence-electron chi connectivity index (χ1n) is 7.77. The van der Waals surface area contributed by atoms with Gasteiger partial charge in [0.05, 0.1) is 0 Å². The Morgan fingerprint density at radius 1 is 1.11 bits per heavy atom. The third-order valence-corrected chi connectivity index (χ3v) is 5.07. The standard InChI is InChI=1S/C15H31N3/c1-12(9-16-15-7-5-6-8-15)18-10-13(2)17(4)14(3)11-18/h12-16H,5-11H2,1-4H3. The van der Waals surface area contributed by atoms with E-state index in [1.165, 1.54) is 38.8 Å². The lowest BCUT2D eigenvalue weighted by Gasteiger charge is -2.45. The van der Waals surface area contributed by atoms with Gasteiger partial charge in [-0.15, -0.1) is 0 Å². The van der Waals surface area contributed by atoms with Gasteiger partial charge in [0.1, 0.15) is 0 Å². The van der Waals surface area contributed by atoms with Gasteiger partial charge in [0, 0.05) is 43.8 Å². The van der Waals surface area contributed by atoms with Crippen LogP contribution in [0.2, 0.25) is 0 Å². The molecule has 3 unspecified atom stereocenters. The van der Waals surface area contributed by atoms with E-state index in [0.717, 1.165) is 12.6 Å². The highest BCUT2D eigenvalue weighted by Crippen LogP contribution is 2.19. The molecule has 1 saturated carbocycles. The predicted octanol–water partition coefficient (Wildman–Crippen LogP) is 1.93. The molecule has 0 aromatic heterocycles. The molecule has 106 valence electrons. The molecule has 0 aromatic rings. The van der Waals surface area contributed by atoms with Gasteiger partial charge in [0.2, 0.25) is 0 Å². The van der Waals surface area contributed by atoms with Crippen LogP contribution in [-0.2, 0) is 0 Å². The van der Waals surface area contributed by atoms with Crippen molar-refractivity contribution in [2.45, 2.75) is 70.6 Å². The van der Waals surface area contributed by atoms with E-state index in [1.807, 2.05) is 0 Å². The molecule has 2 rings (SSSR count). The first kappa shape index (κ1) is 14.3. The van der Waals surface area contributed by atoms with Crippen LogP contribution in [0.4, 0.5) is 0 Å². The monoisotopic (exact) mass is 253 g/mol. The van der Waals surface area contributed by atoms with Gasteiger partial charge < -0.3 is 5.32 Å². The molecule has 2 fully saturated rings. The van der Waals surface area contributed by atoms with E-state index in [0.29, 0.717) is 18.1 Å². The second-order valence-corrected chi connectivity index (χ2v) is 6.56. The molecule has 0 bridgehead atoms. The number of nitrogens with zero attached hydrogens (tertiary/aromatic N) is 2. The van der Waals surface area contributed by atoms with Gasteiger partial charge in [-0.05, 0) is 40.7 Å². The summed E-state index contributed by atoms with van der Waals surface area (Å²) in [4.78, 5) is 5.17. The molecule has 1 heterocycles. The first-order chi connectivity index (χ1) is 8.58. The molecular formula is C15H31N3. The third kappa shape index (κ3) is 3.46. The maximum Gasteiger partial charge on any atom is 0.0195 e. The number of hydrogen-bond donors (Lipinski definition) is 1. The lowest BCUT2D eigenvalue weighted by Crippen LogP contribution is -2.58. The van der Waals surface area contributed by atoms with Crippen LogP contribution < -0.4 is 5.32 Å². The fraction of sp³-hybridized carbons (Fsp3) is 1.00. The molecule has 1 aliphatic carbocycles. The van der Waals surface area contributed by atoms with Crippen LogP contribution in [0.25, 0.3) is 0 Å². The molecule has 0 spiro atoms. The van der Waals surface area contributed by atoms with Crippen LogP contribution in [0.1, 0.15) is 46.5 Å². The van der Waals surface area contributed by atoms with Gasteiger partial charge in [-0.2, -0.15) is 0 Å². The van der Waals surface area contributed by atoms with E-state index in [9.17, 15) is 0 Å². The number of rotatable bonds is 4. The van der Waals surface area contributed by atoms with Crippen LogP contribution in [0.5, 0.6) is 0 Å². The predicted molar refractivity (Wildman–Crippen MR) is 78.0 cm³/mol. The largest absolute Gasteiger partial charge is 0.312 e. The zero-order valence-corrected chi connectivity index (χ0v) is 12.7. The second-order valence-electron chi connectivity index (χ2n) is 6.56. The molecule has 3 nitrogen and oxygen atoms in total. The number of hydrogen-bond acceptors (Lipinski definition) is 3. The van der Waals surface area contributed by atoms with E-state index in [2.05, 4.69) is 42.9 Å². The Labute approximate surface area is 113 Å². The molecule has 1 N–H and O–H groups in total. The molecule has 18 heavy (non-hydrogen) atoms. The normalized spacial score (nSPS) is 34.0. The molecule has 0 radical (unpaired) electrons. The maximum absolute atomic E-state index is 3.76. The summed E-state index contributed by atoms with van der Waals surface area (Å²) in [7, 11) is 2.26. The first-order valence-corrected chi connectivity index (χ1v) is 7.77. The molecule has 0 aromatic carbocycles. The van der Waals surface area contributed by atoms with Crippen LogP contribution >= 0.6 is 0 Å². The van der Waals surface area contributed by atoms with Crippen molar-refractivity contribution in [3.8, 4) is 0 Å². The summed E-state index contributed by atoms with van der Waals surface area (Å²) in [5, 5.41) is 3.76. The van der Waals surface area contributed by atoms with Gasteiger partial charge in [-0.3, -0.25) is 9.80 Å². The van der Waals surface area contributed by atoms with E-state index >= 15 is 0 Å². The molecule has 1 saturated heterocycles. The summed E-state index contributed by atoms with van der Waals surface area (Å²) in [5.41, 5.74) is 0. The van der Waals surface area contributed by atoms with Crippen molar-refractivity contribution in [2.24, 2.45) is 0 Å². The highest BCUT2D eigenvalue weighted by atomic mass is 15.3. The van der Waals surface area contributed by atoms with Gasteiger partial charge in [-0.25, -0.2) is 0 Å². The number of likely N-dealkylation sites (N-methyl/N-ethyl adjacent to an activating group) is 1. The van der Waals surface area contributed by atoms with Crippen molar-refractivity contribution in [3.05, 3.63) is 0 Å². The van der Waals surface area contributed by atoms with Crippen LogP contribution in [-0.4, -0.2) is 60.6 Å². The smallest absolute Gasteiger partial charge is 0.0195 e. The summed E-state index contributed by atoms with van der Waals surface area (Å²) in [6.45, 7) is 10.7.